The highest BCUT2D eigenvalue weighted by molar-refractivity contribution is 9.10. The summed E-state index contributed by atoms with van der Waals surface area (Å²) >= 11 is 3.29. The maximum Gasteiger partial charge on any atom is 0.144 e. The van der Waals surface area contributed by atoms with E-state index in [1.807, 2.05) is 0 Å². The van der Waals surface area contributed by atoms with Gasteiger partial charge in [-0.15, -0.1) is 0 Å². The van der Waals surface area contributed by atoms with Crippen molar-refractivity contribution >= 4 is 27.0 Å². The van der Waals surface area contributed by atoms with E-state index >= 15 is 0 Å². The first-order chi connectivity index (χ1) is 9.04. The van der Waals surface area contributed by atoms with Gasteiger partial charge in [0.2, 0.25) is 0 Å². The molecule has 0 spiro atoms. The molecule has 3 rings (SSSR count). The molecule has 0 saturated heterocycles. The maximum absolute atomic E-state index is 13.7. The summed E-state index contributed by atoms with van der Waals surface area (Å²) in [5.74, 6) is -2.91. The first kappa shape index (κ1) is 12.2. The first-order valence-electron chi connectivity index (χ1n) is 5.35. The summed E-state index contributed by atoms with van der Waals surface area (Å²) in [6, 6.07) is 6.47. The number of nitrogens with one attached hydrogen (secondary N) is 1. The van der Waals surface area contributed by atoms with Crippen molar-refractivity contribution in [2.45, 2.75) is 0 Å². The Bertz CT molecular complexity index is 760. The average molecular weight is 327 g/mol. The average Bonchev–Trinajstić information content (AvgIpc) is 2.69. The van der Waals surface area contributed by atoms with Crippen molar-refractivity contribution in [1.29, 1.82) is 0 Å². The quantitative estimate of drug-likeness (QED) is 0.705. The van der Waals surface area contributed by atoms with Crippen molar-refractivity contribution in [3.63, 3.8) is 0 Å². The summed E-state index contributed by atoms with van der Waals surface area (Å²) in [4.78, 5) is 6.91. The summed E-state index contributed by atoms with van der Waals surface area (Å²) < 4.78 is 41.0. The Morgan fingerprint density at radius 1 is 1.00 bits per heavy atom. The Morgan fingerprint density at radius 2 is 1.68 bits per heavy atom. The number of nitrogens with zero attached hydrogens (tertiary/aromatic N) is 1. The minimum atomic E-state index is -0.990. The predicted molar refractivity (Wildman–Crippen MR) is 69.1 cm³/mol. The lowest BCUT2D eigenvalue weighted by Gasteiger charge is -2.01. The fourth-order valence-corrected chi connectivity index (χ4v) is 2.23. The number of fused-ring (bicyclic) bond motifs is 1. The van der Waals surface area contributed by atoms with E-state index in [4.69, 9.17) is 0 Å². The molecule has 0 unspecified atom stereocenters. The molecule has 2 aromatic carbocycles. The Morgan fingerprint density at radius 3 is 2.37 bits per heavy atom. The molecular formula is C13H6BrF3N2. The predicted octanol–water partition coefficient (Wildman–Crippen LogP) is 4.41. The summed E-state index contributed by atoms with van der Waals surface area (Å²) in [7, 11) is 0. The van der Waals surface area contributed by atoms with Gasteiger partial charge in [-0.2, -0.15) is 0 Å². The van der Waals surface area contributed by atoms with Crippen LogP contribution in [0.4, 0.5) is 13.2 Å². The molecule has 0 aliphatic rings. The van der Waals surface area contributed by atoms with Crippen molar-refractivity contribution in [3.05, 3.63) is 52.3 Å². The maximum atomic E-state index is 13.7. The smallest absolute Gasteiger partial charge is 0.144 e. The van der Waals surface area contributed by atoms with E-state index < -0.39 is 17.5 Å². The van der Waals surface area contributed by atoms with Crippen molar-refractivity contribution in [1.82, 2.24) is 9.97 Å². The number of hydrogen-bond donors (Lipinski definition) is 1. The van der Waals surface area contributed by atoms with Gasteiger partial charge in [-0.05, 0) is 18.2 Å². The number of hydrogen-bond acceptors (Lipinski definition) is 1. The molecule has 0 fully saturated rings. The zero-order chi connectivity index (χ0) is 13.6. The molecule has 1 heterocycles. The highest BCUT2D eigenvalue weighted by Gasteiger charge is 2.17. The standard InChI is InChI=1S/C13H6BrF3N2/c14-6-1-2-10-11(3-6)19-13(18-10)12-8(16)4-7(15)5-9(12)17/h1-5H,(H,18,19). The molecule has 2 nitrogen and oxygen atoms in total. The molecule has 96 valence electrons. The molecule has 0 atom stereocenters. The van der Waals surface area contributed by atoms with Crippen molar-refractivity contribution in [2.24, 2.45) is 0 Å². The number of H-pyrrole nitrogens is 1. The molecule has 0 radical (unpaired) electrons. The molecule has 1 aromatic heterocycles. The van der Waals surface area contributed by atoms with Gasteiger partial charge in [0.1, 0.15) is 23.3 Å². The Balaban J connectivity index is 2.24. The van der Waals surface area contributed by atoms with Crippen LogP contribution in [0.3, 0.4) is 0 Å². The third kappa shape index (κ3) is 2.12. The van der Waals surface area contributed by atoms with Gasteiger partial charge < -0.3 is 4.98 Å². The van der Waals surface area contributed by atoms with E-state index in [0.29, 0.717) is 23.2 Å². The number of imidazole rings is 1. The van der Waals surface area contributed by atoms with Crippen LogP contribution in [0.2, 0.25) is 0 Å². The highest BCUT2D eigenvalue weighted by Crippen LogP contribution is 2.27. The molecule has 1 N–H and O–H groups in total. The highest BCUT2D eigenvalue weighted by atomic mass is 79.9. The van der Waals surface area contributed by atoms with E-state index in [1.165, 1.54) is 0 Å². The van der Waals surface area contributed by atoms with E-state index in [2.05, 4.69) is 25.9 Å². The van der Waals surface area contributed by atoms with Gasteiger partial charge in [0.15, 0.2) is 0 Å². The number of halogens is 4. The van der Waals surface area contributed by atoms with Gasteiger partial charge in [-0.25, -0.2) is 18.2 Å². The van der Waals surface area contributed by atoms with Crippen LogP contribution < -0.4 is 0 Å². The number of aromatic amines is 1. The second kappa shape index (κ2) is 4.38. The van der Waals surface area contributed by atoms with E-state index in [-0.39, 0.29) is 11.4 Å². The van der Waals surface area contributed by atoms with Crippen LogP contribution in [-0.4, -0.2) is 9.97 Å². The third-order valence-electron chi connectivity index (χ3n) is 2.69. The molecule has 0 aliphatic heterocycles. The van der Waals surface area contributed by atoms with Gasteiger partial charge in [0, 0.05) is 16.6 Å². The van der Waals surface area contributed by atoms with Crippen LogP contribution in [0.1, 0.15) is 0 Å². The summed E-state index contributed by atoms with van der Waals surface area (Å²) in [6.07, 6.45) is 0. The van der Waals surface area contributed by atoms with Crippen LogP contribution in [0, 0.1) is 17.5 Å². The van der Waals surface area contributed by atoms with Crippen LogP contribution in [0.15, 0.2) is 34.8 Å². The summed E-state index contributed by atoms with van der Waals surface area (Å²) in [6.45, 7) is 0. The normalized spacial score (nSPS) is 11.2. The van der Waals surface area contributed by atoms with Crippen molar-refractivity contribution in [3.8, 4) is 11.4 Å². The zero-order valence-corrected chi connectivity index (χ0v) is 10.9. The molecule has 0 bridgehead atoms. The number of benzene rings is 2. The summed E-state index contributed by atoms with van der Waals surface area (Å²) in [5, 5.41) is 0. The lowest BCUT2D eigenvalue weighted by atomic mass is 10.2. The van der Waals surface area contributed by atoms with Crippen LogP contribution in [-0.2, 0) is 0 Å². The van der Waals surface area contributed by atoms with E-state index in [0.717, 1.165) is 4.47 Å². The van der Waals surface area contributed by atoms with Gasteiger partial charge in [0.25, 0.3) is 0 Å². The molecule has 6 heteroatoms. The Labute approximate surface area is 114 Å². The second-order valence-electron chi connectivity index (χ2n) is 3.99. The largest absolute Gasteiger partial charge is 0.338 e. The van der Waals surface area contributed by atoms with Gasteiger partial charge >= 0.3 is 0 Å². The molecule has 0 amide bonds. The lowest BCUT2D eigenvalue weighted by Crippen LogP contribution is -1.93. The second-order valence-corrected chi connectivity index (χ2v) is 4.91. The van der Waals surface area contributed by atoms with Gasteiger partial charge in [-0.3, -0.25) is 0 Å². The molecule has 0 aliphatic carbocycles. The topological polar surface area (TPSA) is 28.7 Å². The van der Waals surface area contributed by atoms with Crippen LogP contribution >= 0.6 is 15.9 Å². The minimum absolute atomic E-state index is 0.0306. The zero-order valence-electron chi connectivity index (χ0n) is 9.35. The molecule has 19 heavy (non-hydrogen) atoms. The number of rotatable bonds is 1. The fourth-order valence-electron chi connectivity index (χ4n) is 1.87. The van der Waals surface area contributed by atoms with Crippen molar-refractivity contribution in [2.75, 3.05) is 0 Å². The van der Waals surface area contributed by atoms with Crippen LogP contribution in [0.5, 0.6) is 0 Å². The van der Waals surface area contributed by atoms with E-state index in [1.54, 1.807) is 18.2 Å². The fraction of sp³-hybridized carbons (Fsp3) is 0. The van der Waals surface area contributed by atoms with Gasteiger partial charge in [-0.1, -0.05) is 15.9 Å². The Kier molecular flexibility index (Phi) is 2.82. The van der Waals surface area contributed by atoms with Crippen molar-refractivity contribution < 1.29 is 13.2 Å². The number of aromatic nitrogens is 2. The minimum Gasteiger partial charge on any atom is -0.338 e. The first-order valence-corrected chi connectivity index (χ1v) is 6.14. The monoisotopic (exact) mass is 326 g/mol. The Hall–Kier alpha value is -1.82. The summed E-state index contributed by atoms with van der Waals surface area (Å²) in [5.41, 5.74) is 0.836. The SMILES string of the molecule is Fc1cc(F)c(-c2nc3ccc(Br)cc3[nH]2)c(F)c1. The lowest BCUT2D eigenvalue weighted by molar-refractivity contribution is 0.547. The third-order valence-corrected chi connectivity index (χ3v) is 3.18. The molecule has 3 aromatic rings. The van der Waals surface area contributed by atoms with Gasteiger partial charge in [0.05, 0.1) is 16.6 Å². The van der Waals surface area contributed by atoms with E-state index in [9.17, 15) is 13.2 Å². The molecule has 0 saturated carbocycles. The van der Waals surface area contributed by atoms with Crippen LogP contribution in [0.25, 0.3) is 22.4 Å². The molecular weight excluding hydrogens is 321 g/mol.